The van der Waals surface area contributed by atoms with Gasteiger partial charge in [-0.15, -0.1) is 0 Å². The number of amides is 1. The van der Waals surface area contributed by atoms with Gasteiger partial charge in [0.1, 0.15) is 0 Å². The maximum atomic E-state index is 13.5. The van der Waals surface area contributed by atoms with Gasteiger partial charge in [-0.05, 0) is 25.8 Å². The predicted octanol–water partition coefficient (Wildman–Crippen LogP) is 1.35. The van der Waals surface area contributed by atoms with Gasteiger partial charge >= 0.3 is 0 Å². The first-order valence-corrected chi connectivity index (χ1v) is 5.72. The van der Waals surface area contributed by atoms with E-state index in [4.69, 9.17) is 0 Å². The molecule has 1 amide bonds. The minimum absolute atomic E-state index is 0.120. The molecule has 2 rings (SSSR count). The number of likely N-dealkylation sites (tertiary alicyclic amines) is 1. The van der Waals surface area contributed by atoms with Gasteiger partial charge in [-0.1, -0.05) is 0 Å². The number of piperidine rings is 1. The van der Waals surface area contributed by atoms with E-state index in [0.717, 1.165) is 12.3 Å². The summed E-state index contributed by atoms with van der Waals surface area (Å²) in [6.07, 6.45) is 2.27. The molecule has 0 aromatic carbocycles. The molecule has 1 saturated heterocycles. The highest BCUT2D eigenvalue weighted by atomic mass is 19.2. The Morgan fingerprint density at radius 1 is 1.56 bits per heavy atom. The van der Waals surface area contributed by atoms with Crippen LogP contribution in [0.25, 0.3) is 0 Å². The van der Waals surface area contributed by atoms with E-state index in [1.54, 1.807) is 6.92 Å². The third kappa shape index (κ3) is 2.48. The summed E-state index contributed by atoms with van der Waals surface area (Å²) in [6, 6.07) is 1.14. The number of hydrogen-bond donors (Lipinski definition) is 1. The van der Waals surface area contributed by atoms with Gasteiger partial charge in [-0.2, -0.15) is 4.39 Å². The van der Waals surface area contributed by atoms with Gasteiger partial charge in [0.25, 0.3) is 5.91 Å². The summed E-state index contributed by atoms with van der Waals surface area (Å²) in [5.41, 5.74) is -1.32. The number of halogens is 2. The molecule has 6 heteroatoms. The molecule has 1 unspecified atom stereocenters. The third-order valence-electron chi connectivity index (χ3n) is 3.04. The van der Waals surface area contributed by atoms with Gasteiger partial charge in [0.15, 0.2) is 5.82 Å². The van der Waals surface area contributed by atoms with Crippen molar-refractivity contribution in [3.8, 4) is 0 Å². The number of aromatic nitrogens is 1. The molecule has 1 N–H and O–H groups in total. The first-order chi connectivity index (χ1) is 8.41. The number of carbonyl (C=O) groups is 1. The number of β-amino-alcohol motifs (C(OH)–C–C–N with tert-alkyl or cyclic N) is 1. The van der Waals surface area contributed by atoms with E-state index < -0.39 is 23.3 Å². The number of rotatable bonds is 1. The summed E-state index contributed by atoms with van der Waals surface area (Å²) < 4.78 is 26.4. The van der Waals surface area contributed by atoms with E-state index >= 15 is 0 Å². The van der Waals surface area contributed by atoms with Crippen LogP contribution in [0.5, 0.6) is 0 Å². The molecule has 1 fully saturated rings. The van der Waals surface area contributed by atoms with Crippen molar-refractivity contribution in [3.63, 3.8) is 0 Å². The largest absolute Gasteiger partial charge is 0.388 e. The highest BCUT2D eigenvalue weighted by Gasteiger charge is 2.32. The van der Waals surface area contributed by atoms with Crippen LogP contribution in [0.15, 0.2) is 12.3 Å². The lowest BCUT2D eigenvalue weighted by atomic mass is 9.95. The van der Waals surface area contributed by atoms with Crippen LogP contribution in [0.4, 0.5) is 8.78 Å². The van der Waals surface area contributed by atoms with Crippen molar-refractivity contribution in [3.05, 3.63) is 29.6 Å². The van der Waals surface area contributed by atoms with Crippen LogP contribution in [0.1, 0.15) is 30.1 Å². The van der Waals surface area contributed by atoms with Crippen LogP contribution < -0.4 is 0 Å². The Morgan fingerprint density at radius 2 is 2.28 bits per heavy atom. The second kappa shape index (κ2) is 4.61. The summed E-state index contributed by atoms with van der Waals surface area (Å²) in [5.74, 6) is -3.15. The Balaban J connectivity index is 2.23. The maximum absolute atomic E-state index is 13.5. The third-order valence-corrected chi connectivity index (χ3v) is 3.04. The van der Waals surface area contributed by atoms with Crippen molar-refractivity contribution in [2.75, 3.05) is 13.1 Å². The molecule has 18 heavy (non-hydrogen) atoms. The first-order valence-electron chi connectivity index (χ1n) is 5.72. The van der Waals surface area contributed by atoms with Crippen molar-refractivity contribution in [1.29, 1.82) is 0 Å². The van der Waals surface area contributed by atoms with Crippen molar-refractivity contribution >= 4 is 5.91 Å². The zero-order valence-corrected chi connectivity index (χ0v) is 9.99. The standard InChI is InChI=1S/C12H14F2N2O2/c1-12(18)4-2-6-16(7-12)11(17)8-3-5-15-10(14)9(8)13/h3,5,18H,2,4,6-7H2,1H3. The number of hydrogen-bond acceptors (Lipinski definition) is 3. The lowest BCUT2D eigenvalue weighted by molar-refractivity contribution is -0.0109. The van der Waals surface area contributed by atoms with Gasteiger partial charge in [0.05, 0.1) is 11.2 Å². The van der Waals surface area contributed by atoms with Gasteiger partial charge < -0.3 is 10.0 Å². The Bertz CT molecular complexity index is 477. The van der Waals surface area contributed by atoms with Crippen LogP contribution in [0.3, 0.4) is 0 Å². The van der Waals surface area contributed by atoms with E-state index in [2.05, 4.69) is 4.98 Å². The van der Waals surface area contributed by atoms with Crippen molar-refractivity contribution in [1.82, 2.24) is 9.88 Å². The molecular formula is C12H14F2N2O2. The molecule has 0 saturated carbocycles. The quantitative estimate of drug-likeness (QED) is 0.772. The van der Waals surface area contributed by atoms with Crippen LogP contribution >= 0.6 is 0 Å². The smallest absolute Gasteiger partial charge is 0.257 e. The monoisotopic (exact) mass is 256 g/mol. The molecule has 4 nitrogen and oxygen atoms in total. The Labute approximate surface area is 103 Å². The molecule has 2 heterocycles. The van der Waals surface area contributed by atoms with E-state index in [0.29, 0.717) is 19.4 Å². The average Bonchev–Trinajstić information content (AvgIpc) is 2.30. The number of aliphatic hydroxyl groups is 1. The minimum Gasteiger partial charge on any atom is -0.388 e. The van der Waals surface area contributed by atoms with Crippen molar-refractivity contribution in [2.24, 2.45) is 0 Å². The number of pyridine rings is 1. The minimum atomic E-state index is -1.29. The molecule has 1 aromatic heterocycles. The lowest BCUT2D eigenvalue weighted by Crippen LogP contribution is -2.48. The van der Waals surface area contributed by atoms with Crippen LogP contribution in [0.2, 0.25) is 0 Å². The molecule has 0 spiro atoms. The zero-order chi connectivity index (χ0) is 13.3. The summed E-state index contributed by atoms with van der Waals surface area (Å²) >= 11 is 0. The maximum Gasteiger partial charge on any atom is 0.257 e. The second-order valence-corrected chi connectivity index (χ2v) is 4.79. The van der Waals surface area contributed by atoms with E-state index in [9.17, 15) is 18.7 Å². The van der Waals surface area contributed by atoms with Gasteiger partial charge in [0.2, 0.25) is 5.95 Å². The zero-order valence-electron chi connectivity index (χ0n) is 9.99. The summed E-state index contributed by atoms with van der Waals surface area (Å²) in [4.78, 5) is 16.5. The van der Waals surface area contributed by atoms with Gasteiger partial charge in [0, 0.05) is 19.3 Å². The molecule has 98 valence electrons. The predicted molar refractivity (Wildman–Crippen MR) is 59.9 cm³/mol. The average molecular weight is 256 g/mol. The fraction of sp³-hybridized carbons (Fsp3) is 0.500. The fourth-order valence-corrected chi connectivity index (χ4v) is 2.15. The molecule has 0 aliphatic carbocycles. The number of carbonyl (C=O) groups excluding carboxylic acids is 1. The van der Waals surface area contributed by atoms with E-state index in [1.165, 1.54) is 4.90 Å². The van der Waals surface area contributed by atoms with Crippen molar-refractivity contribution < 1.29 is 18.7 Å². The van der Waals surface area contributed by atoms with Gasteiger partial charge in [-0.25, -0.2) is 9.37 Å². The summed E-state index contributed by atoms with van der Waals surface area (Å²) in [5, 5.41) is 9.89. The van der Waals surface area contributed by atoms with E-state index in [-0.39, 0.29) is 12.1 Å². The molecule has 1 aliphatic rings. The lowest BCUT2D eigenvalue weighted by Gasteiger charge is -2.36. The number of nitrogens with zero attached hydrogens (tertiary/aromatic N) is 2. The van der Waals surface area contributed by atoms with Crippen LogP contribution in [0, 0.1) is 11.8 Å². The first kappa shape index (κ1) is 12.9. The fourth-order valence-electron chi connectivity index (χ4n) is 2.15. The highest BCUT2D eigenvalue weighted by Crippen LogP contribution is 2.22. The molecule has 1 aromatic rings. The molecule has 1 atom stereocenters. The normalized spacial score (nSPS) is 24.1. The summed E-state index contributed by atoms with van der Waals surface area (Å²) in [7, 11) is 0. The Hall–Kier alpha value is -1.56. The van der Waals surface area contributed by atoms with Gasteiger partial charge in [-0.3, -0.25) is 4.79 Å². The summed E-state index contributed by atoms with van der Waals surface area (Å²) in [6.45, 7) is 2.17. The topological polar surface area (TPSA) is 53.4 Å². The Kier molecular flexibility index (Phi) is 3.30. The van der Waals surface area contributed by atoms with Crippen molar-refractivity contribution in [2.45, 2.75) is 25.4 Å². The SMILES string of the molecule is CC1(O)CCCN(C(=O)c2ccnc(F)c2F)C1. The molecule has 0 radical (unpaired) electrons. The molecule has 0 bridgehead atoms. The Morgan fingerprint density at radius 3 is 2.94 bits per heavy atom. The van der Waals surface area contributed by atoms with E-state index in [1.807, 2.05) is 0 Å². The van der Waals surface area contributed by atoms with Crippen LogP contribution in [-0.2, 0) is 0 Å². The van der Waals surface area contributed by atoms with Crippen LogP contribution in [-0.4, -0.2) is 39.6 Å². The second-order valence-electron chi connectivity index (χ2n) is 4.79. The highest BCUT2D eigenvalue weighted by molar-refractivity contribution is 5.94. The molecular weight excluding hydrogens is 242 g/mol. The molecule has 1 aliphatic heterocycles.